The van der Waals surface area contributed by atoms with E-state index in [-0.39, 0.29) is 6.15 Å². The second kappa shape index (κ2) is 40.8. The van der Waals surface area contributed by atoms with E-state index in [4.69, 9.17) is 12.9 Å². The van der Waals surface area contributed by atoms with Crippen molar-refractivity contribution in [1.82, 2.24) is 0 Å². The van der Waals surface area contributed by atoms with Crippen LogP contribution in [0.15, 0.2) is 0 Å². The first-order valence-electron chi connectivity index (χ1n) is 0.612. The molecule has 0 amide bonds. The molecule has 0 aliphatic rings. The molecule has 3 nitrogen and oxygen atoms in total. The minimum absolute atomic E-state index is 0.250. The van der Waals surface area contributed by atoms with E-state index in [0.717, 1.165) is 20.4 Å². The standard InChI is InChI=1S/CO2.O.Ti/c2-1-3;;. The Morgan fingerprint density at radius 3 is 1.20 bits per heavy atom. The van der Waals surface area contributed by atoms with Crippen LogP contribution >= 0.6 is 0 Å². The summed E-state index contributed by atoms with van der Waals surface area (Å²) in [6, 6.07) is 0. The predicted octanol–water partition coefficient (Wildman–Crippen LogP) is -0.705. The summed E-state index contributed by atoms with van der Waals surface area (Å²) in [7, 11) is 0. The molecule has 5 heavy (non-hydrogen) atoms. The molecule has 26 valence electrons. The van der Waals surface area contributed by atoms with Gasteiger partial charge in [-0.3, -0.25) is 0 Å². The van der Waals surface area contributed by atoms with Crippen molar-refractivity contribution in [1.29, 1.82) is 0 Å². The van der Waals surface area contributed by atoms with Gasteiger partial charge >= 0.3 is 29.9 Å². The predicted molar refractivity (Wildman–Crippen MR) is 5.69 cm³/mol. The van der Waals surface area contributed by atoms with Crippen molar-refractivity contribution in [3.05, 3.63) is 0 Å². The zero-order chi connectivity index (χ0) is 4.71. The molecule has 0 saturated heterocycles. The molecule has 0 aliphatic carbocycles. The van der Waals surface area contributed by atoms with Gasteiger partial charge in [0.15, 0.2) is 0 Å². The third-order valence-electron chi connectivity index (χ3n) is 0. The van der Waals surface area contributed by atoms with E-state index in [2.05, 4.69) is 0 Å². The topological polar surface area (TPSA) is 51.2 Å². The van der Waals surface area contributed by atoms with Gasteiger partial charge in [0.25, 0.3) is 0 Å². The fraction of sp³-hybridized carbons (Fsp3) is 0. The average Bonchev–Trinajstić information content (AvgIpc) is 1.46. The molecule has 0 saturated carbocycles. The molecule has 4 heteroatoms. The van der Waals surface area contributed by atoms with Crippen LogP contribution in [0.2, 0.25) is 0 Å². The van der Waals surface area contributed by atoms with Crippen molar-refractivity contribution in [3.8, 4) is 0 Å². The van der Waals surface area contributed by atoms with E-state index in [0.29, 0.717) is 0 Å². The molecular weight excluding hydrogens is 108 g/mol. The van der Waals surface area contributed by atoms with Crippen LogP contribution < -0.4 is 0 Å². The SMILES string of the molecule is O=C=O.[O]=[Ti]. The molecule has 0 spiro atoms. The van der Waals surface area contributed by atoms with Gasteiger partial charge in [-0.2, -0.15) is 9.59 Å². The monoisotopic (exact) mass is 108 g/mol. The van der Waals surface area contributed by atoms with Gasteiger partial charge in [0.1, 0.15) is 0 Å². The van der Waals surface area contributed by atoms with Crippen LogP contribution in [-0.4, -0.2) is 6.15 Å². The third-order valence-corrected chi connectivity index (χ3v) is 0. The Balaban J connectivity index is 0. The van der Waals surface area contributed by atoms with Gasteiger partial charge in [0, 0.05) is 0 Å². The zero-order valence-corrected chi connectivity index (χ0v) is 3.79. The number of rotatable bonds is 0. The Bertz CT molecular complexity index is 36.2. The summed E-state index contributed by atoms with van der Waals surface area (Å²) in [4.78, 5) is 16.2. The fourth-order valence-electron chi connectivity index (χ4n) is 0. The molecule has 0 heterocycles. The first-order chi connectivity index (χ1) is 2.41. The van der Waals surface area contributed by atoms with Crippen molar-refractivity contribution in [3.63, 3.8) is 0 Å². The van der Waals surface area contributed by atoms with Crippen LogP contribution in [0.25, 0.3) is 0 Å². The second-order valence-corrected chi connectivity index (χ2v) is 0.0833. The molecule has 0 aromatic carbocycles. The van der Waals surface area contributed by atoms with Crippen molar-refractivity contribution < 1.29 is 33.3 Å². The van der Waals surface area contributed by atoms with Gasteiger partial charge in [-0.15, -0.1) is 0 Å². The average molecular weight is 108 g/mol. The molecule has 0 aliphatic heterocycles. The normalized spacial score (nSPS) is 2.20. The Kier molecular flexibility index (Phi) is 72.3. The summed E-state index contributed by atoms with van der Waals surface area (Å²) in [6.45, 7) is 0. The molecule has 0 aromatic rings. The van der Waals surface area contributed by atoms with Gasteiger partial charge in [-0.1, -0.05) is 0 Å². The van der Waals surface area contributed by atoms with E-state index < -0.39 is 0 Å². The maximum atomic E-state index is 8.25. The third kappa shape index (κ3) is 1250. The van der Waals surface area contributed by atoms with Gasteiger partial charge in [0.05, 0.1) is 0 Å². The van der Waals surface area contributed by atoms with E-state index in [1.165, 1.54) is 0 Å². The van der Waals surface area contributed by atoms with E-state index in [1.807, 2.05) is 0 Å². The summed E-state index contributed by atoms with van der Waals surface area (Å²) in [6.07, 6.45) is 0.250. The van der Waals surface area contributed by atoms with Gasteiger partial charge in [-0.05, 0) is 0 Å². The van der Waals surface area contributed by atoms with Crippen LogP contribution in [0.3, 0.4) is 0 Å². The first-order valence-corrected chi connectivity index (χ1v) is 1.25. The van der Waals surface area contributed by atoms with Crippen LogP contribution in [0, 0.1) is 0 Å². The van der Waals surface area contributed by atoms with Gasteiger partial charge in [0.2, 0.25) is 0 Å². The molecular formula is CO3Ti. The van der Waals surface area contributed by atoms with Gasteiger partial charge < -0.3 is 0 Å². The van der Waals surface area contributed by atoms with Crippen molar-refractivity contribution in [2.45, 2.75) is 0 Å². The maximum absolute atomic E-state index is 8.25. The summed E-state index contributed by atoms with van der Waals surface area (Å²) >= 11 is 0.750. The molecule has 0 atom stereocenters. The molecule has 0 rings (SSSR count). The zero-order valence-electron chi connectivity index (χ0n) is 2.22. The Morgan fingerprint density at radius 1 is 1.20 bits per heavy atom. The Morgan fingerprint density at radius 2 is 1.20 bits per heavy atom. The number of hydrogen-bond acceptors (Lipinski definition) is 3. The molecule has 0 bridgehead atoms. The molecule has 0 fully saturated rings. The van der Waals surface area contributed by atoms with E-state index >= 15 is 0 Å². The summed E-state index contributed by atoms with van der Waals surface area (Å²) in [5.74, 6) is 0. The van der Waals surface area contributed by atoms with Crippen LogP contribution in [0.4, 0.5) is 0 Å². The molecule has 0 radical (unpaired) electrons. The van der Waals surface area contributed by atoms with Crippen molar-refractivity contribution >= 4 is 6.15 Å². The van der Waals surface area contributed by atoms with Crippen molar-refractivity contribution in [2.75, 3.05) is 0 Å². The number of carbonyl (C=O) groups excluding carboxylic acids is 2. The summed E-state index contributed by atoms with van der Waals surface area (Å²) in [5.41, 5.74) is 0. The molecule has 0 unspecified atom stereocenters. The quantitative estimate of drug-likeness (QED) is 0.385. The minimum atomic E-state index is 0.250. The Hall–Kier alpha value is -0.106. The van der Waals surface area contributed by atoms with Crippen molar-refractivity contribution in [2.24, 2.45) is 0 Å². The van der Waals surface area contributed by atoms with Crippen LogP contribution in [-0.2, 0) is 33.3 Å². The van der Waals surface area contributed by atoms with Crippen LogP contribution in [0.5, 0.6) is 0 Å². The van der Waals surface area contributed by atoms with Gasteiger partial charge in [-0.25, -0.2) is 0 Å². The summed E-state index contributed by atoms with van der Waals surface area (Å²) < 4.78 is 8.25. The Labute approximate surface area is 40.1 Å². The number of hydrogen-bond donors (Lipinski definition) is 0. The van der Waals surface area contributed by atoms with E-state index in [9.17, 15) is 0 Å². The van der Waals surface area contributed by atoms with E-state index in [1.54, 1.807) is 0 Å². The molecule has 0 aromatic heterocycles. The molecule has 0 N–H and O–H groups in total. The van der Waals surface area contributed by atoms with Crippen LogP contribution in [0.1, 0.15) is 0 Å². The first kappa shape index (κ1) is 8.86. The fourth-order valence-corrected chi connectivity index (χ4v) is 0. The second-order valence-electron chi connectivity index (χ2n) is 0.0833. The summed E-state index contributed by atoms with van der Waals surface area (Å²) in [5, 5.41) is 0.